The molecule has 1 N–H and O–H groups in total. The van der Waals surface area contributed by atoms with E-state index in [0.717, 1.165) is 6.54 Å². The Morgan fingerprint density at radius 1 is 1.86 bits per heavy atom. The molecule has 0 radical (unpaired) electrons. The highest BCUT2D eigenvalue weighted by Crippen LogP contribution is 2.11. The van der Waals surface area contributed by atoms with E-state index >= 15 is 0 Å². The van der Waals surface area contributed by atoms with Gasteiger partial charge in [0, 0.05) is 6.54 Å². The minimum atomic E-state index is 0.616. The molecule has 1 aliphatic rings. The van der Waals surface area contributed by atoms with Gasteiger partial charge in [-0.05, 0) is 12.3 Å². The van der Waals surface area contributed by atoms with Crippen molar-refractivity contribution in [2.24, 2.45) is 0 Å². The predicted molar refractivity (Wildman–Crippen MR) is 34.2 cm³/mol. The quantitative estimate of drug-likeness (QED) is 0.509. The second kappa shape index (κ2) is 2.38. The molecular formula is C5H9NS. The molecule has 1 nitrogen and oxygen atoms in total. The van der Waals surface area contributed by atoms with E-state index in [4.69, 9.17) is 0 Å². The van der Waals surface area contributed by atoms with Crippen LogP contribution in [0.15, 0.2) is 11.5 Å². The standard InChI is InChI=1S/C5H9NS/c1-5-6-3-2-4-7-5/h2,4-6H,3H2,1H3. The van der Waals surface area contributed by atoms with Crippen molar-refractivity contribution in [3.05, 3.63) is 11.5 Å². The fourth-order valence-corrected chi connectivity index (χ4v) is 1.14. The molecule has 1 heterocycles. The van der Waals surface area contributed by atoms with Gasteiger partial charge in [0.15, 0.2) is 0 Å². The molecule has 0 aromatic heterocycles. The average Bonchev–Trinajstić information content (AvgIpc) is 1.69. The van der Waals surface area contributed by atoms with Crippen LogP contribution in [0.4, 0.5) is 0 Å². The smallest absolute Gasteiger partial charge is 0.0547 e. The van der Waals surface area contributed by atoms with E-state index in [0.29, 0.717) is 5.37 Å². The first-order chi connectivity index (χ1) is 3.39. The van der Waals surface area contributed by atoms with E-state index in [2.05, 4.69) is 23.7 Å². The molecule has 0 spiro atoms. The number of hydrogen-bond donors (Lipinski definition) is 1. The highest BCUT2D eigenvalue weighted by atomic mass is 32.2. The Hall–Kier alpha value is 0.0500. The van der Waals surface area contributed by atoms with Crippen molar-refractivity contribution in [1.29, 1.82) is 0 Å². The zero-order valence-electron chi connectivity index (χ0n) is 4.35. The maximum Gasteiger partial charge on any atom is 0.0547 e. The Balaban J connectivity index is 2.32. The summed E-state index contributed by atoms with van der Waals surface area (Å²) in [6, 6.07) is 0. The molecule has 7 heavy (non-hydrogen) atoms. The normalized spacial score (nSPS) is 30.7. The van der Waals surface area contributed by atoms with Gasteiger partial charge < -0.3 is 5.32 Å². The molecule has 1 unspecified atom stereocenters. The molecule has 0 aromatic carbocycles. The summed E-state index contributed by atoms with van der Waals surface area (Å²) >= 11 is 1.83. The summed E-state index contributed by atoms with van der Waals surface area (Å²) in [6.07, 6.45) is 2.13. The van der Waals surface area contributed by atoms with Gasteiger partial charge >= 0.3 is 0 Å². The molecule has 1 atom stereocenters. The van der Waals surface area contributed by atoms with E-state index in [9.17, 15) is 0 Å². The van der Waals surface area contributed by atoms with Crippen molar-refractivity contribution in [2.75, 3.05) is 6.54 Å². The summed E-state index contributed by atoms with van der Waals surface area (Å²) in [4.78, 5) is 0. The van der Waals surface area contributed by atoms with Crippen LogP contribution in [-0.2, 0) is 0 Å². The van der Waals surface area contributed by atoms with E-state index in [1.165, 1.54) is 0 Å². The lowest BCUT2D eigenvalue weighted by Gasteiger charge is -2.12. The van der Waals surface area contributed by atoms with Crippen molar-refractivity contribution in [2.45, 2.75) is 12.3 Å². The average molecular weight is 115 g/mol. The van der Waals surface area contributed by atoms with Crippen molar-refractivity contribution in [3.63, 3.8) is 0 Å². The van der Waals surface area contributed by atoms with Gasteiger partial charge in [-0.15, -0.1) is 11.8 Å². The maximum absolute atomic E-state index is 3.26. The molecule has 0 saturated heterocycles. The van der Waals surface area contributed by atoms with Crippen LogP contribution in [0.3, 0.4) is 0 Å². The lowest BCUT2D eigenvalue weighted by atomic mass is 10.6. The molecule has 0 fully saturated rings. The predicted octanol–water partition coefficient (Wildman–Crippen LogP) is 1.18. The number of thioether (sulfide) groups is 1. The van der Waals surface area contributed by atoms with Gasteiger partial charge in [-0.2, -0.15) is 0 Å². The summed E-state index contributed by atoms with van der Waals surface area (Å²) in [6.45, 7) is 3.20. The van der Waals surface area contributed by atoms with Gasteiger partial charge in [0.2, 0.25) is 0 Å². The third-order valence-corrected chi connectivity index (χ3v) is 1.83. The van der Waals surface area contributed by atoms with Gasteiger partial charge in [0.1, 0.15) is 0 Å². The van der Waals surface area contributed by atoms with Crippen LogP contribution in [0.2, 0.25) is 0 Å². The van der Waals surface area contributed by atoms with E-state index < -0.39 is 0 Å². The van der Waals surface area contributed by atoms with Crippen molar-refractivity contribution in [1.82, 2.24) is 5.32 Å². The Morgan fingerprint density at radius 2 is 2.71 bits per heavy atom. The van der Waals surface area contributed by atoms with Gasteiger partial charge in [0.25, 0.3) is 0 Å². The summed E-state index contributed by atoms with van der Waals surface area (Å²) in [5.74, 6) is 0. The van der Waals surface area contributed by atoms with Crippen molar-refractivity contribution < 1.29 is 0 Å². The lowest BCUT2D eigenvalue weighted by molar-refractivity contribution is 0.747. The second-order valence-corrected chi connectivity index (χ2v) is 2.81. The second-order valence-electron chi connectivity index (χ2n) is 1.56. The maximum atomic E-state index is 3.26. The topological polar surface area (TPSA) is 12.0 Å². The van der Waals surface area contributed by atoms with Crippen LogP contribution >= 0.6 is 11.8 Å². The molecule has 1 aliphatic heterocycles. The minimum Gasteiger partial charge on any atom is -0.302 e. The monoisotopic (exact) mass is 115 g/mol. The molecule has 0 aromatic rings. The van der Waals surface area contributed by atoms with Crippen LogP contribution in [-0.4, -0.2) is 11.9 Å². The first kappa shape index (κ1) is 5.19. The summed E-state index contributed by atoms with van der Waals surface area (Å²) in [5.41, 5.74) is 0. The molecule has 0 aliphatic carbocycles. The largest absolute Gasteiger partial charge is 0.302 e. The van der Waals surface area contributed by atoms with E-state index in [1.54, 1.807) is 0 Å². The van der Waals surface area contributed by atoms with Gasteiger partial charge in [-0.25, -0.2) is 0 Å². The summed E-state index contributed by atoms with van der Waals surface area (Å²) in [7, 11) is 0. The molecular weight excluding hydrogens is 106 g/mol. The van der Waals surface area contributed by atoms with Crippen molar-refractivity contribution in [3.8, 4) is 0 Å². The van der Waals surface area contributed by atoms with Crippen LogP contribution in [0.1, 0.15) is 6.92 Å². The van der Waals surface area contributed by atoms with Crippen LogP contribution in [0.25, 0.3) is 0 Å². The SMILES string of the molecule is CC1NCC=CS1. The first-order valence-electron chi connectivity index (χ1n) is 2.43. The minimum absolute atomic E-state index is 0.616. The zero-order chi connectivity index (χ0) is 5.11. The molecule has 0 amide bonds. The van der Waals surface area contributed by atoms with Crippen LogP contribution in [0, 0.1) is 0 Å². The van der Waals surface area contributed by atoms with Crippen molar-refractivity contribution >= 4 is 11.8 Å². The summed E-state index contributed by atoms with van der Waals surface area (Å²) in [5, 5.41) is 6.01. The fraction of sp³-hybridized carbons (Fsp3) is 0.600. The third kappa shape index (κ3) is 1.53. The van der Waals surface area contributed by atoms with E-state index in [-0.39, 0.29) is 0 Å². The molecule has 1 rings (SSSR count). The molecule has 0 saturated carbocycles. The Kier molecular flexibility index (Phi) is 1.77. The summed E-state index contributed by atoms with van der Waals surface area (Å²) < 4.78 is 0. The van der Waals surface area contributed by atoms with Gasteiger partial charge in [-0.3, -0.25) is 0 Å². The van der Waals surface area contributed by atoms with E-state index in [1.807, 2.05) is 11.8 Å². The van der Waals surface area contributed by atoms with Crippen LogP contribution in [0.5, 0.6) is 0 Å². The molecule has 40 valence electrons. The Labute approximate surface area is 48.2 Å². The first-order valence-corrected chi connectivity index (χ1v) is 3.38. The number of hydrogen-bond acceptors (Lipinski definition) is 2. The highest BCUT2D eigenvalue weighted by molar-refractivity contribution is 8.02. The Bertz CT molecular complexity index is 80.1. The molecule has 2 heteroatoms. The number of nitrogens with one attached hydrogen (secondary N) is 1. The van der Waals surface area contributed by atoms with Crippen LogP contribution < -0.4 is 5.32 Å². The Morgan fingerprint density at radius 3 is 3.00 bits per heavy atom. The number of rotatable bonds is 0. The van der Waals surface area contributed by atoms with Gasteiger partial charge in [0.05, 0.1) is 5.37 Å². The third-order valence-electron chi connectivity index (χ3n) is 0.902. The van der Waals surface area contributed by atoms with Gasteiger partial charge in [-0.1, -0.05) is 6.08 Å². The highest BCUT2D eigenvalue weighted by Gasteiger charge is 1.98. The fourth-order valence-electron chi connectivity index (χ4n) is 0.504. The lowest BCUT2D eigenvalue weighted by Crippen LogP contribution is -2.24. The molecule has 0 bridgehead atoms. The zero-order valence-corrected chi connectivity index (χ0v) is 5.16.